The Kier molecular flexibility index (Phi) is 7.02. The van der Waals surface area contributed by atoms with Gasteiger partial charge >= 0.3 is 0 Å². The molecule has 1 aliphatic heterocycles. The number of hydrogen-bond acceptors (Lipinski definition) is 4. The van der Waals surface area contributed by atoms with Crippen molar-refractivity contribution in [3.05, 3.63) is 53.6 Å². The van der Waals surface area contributed by atoms with Crippen molar-refractivity contribution in [1.29, 1.82) is 0 Å². The molecule has 1 N–H and O–H groups in total. The van der Waals surface area contributed by atoms with Crippen LogP contribution in [0.2, 0.25) is 0 Å². The van der Waals surface area contributed by atoms with Crippen molar-refractivity contribution in [1.82, 2.24) is 5.32 Å². The standard InChI is InChI=1S/C24H31NO4/c1-5-27-21-12-11-18(14-22(21)28-6-2)23(16(3)4)25-24(26)19-13-17-9-7-8-10-20(17)29-15-19/h7-12,14,16,19,23H,5-6,13,15H2,1-4H3,(H,25,26). The molecule has 1 aliphatic rings. The molecule has 0 radical (unpaired) electrons. The molecule has 5 heteroatoms. The lowest BCUT2D eigenvalue weighted by Crippen LogP contribution is -2.40. The first-order chi connectivity index (χ1) is 14.0. The summed E-state index contributed by atoms with van der Waals surface area (Å²) in [5.74, 6) is 2.36. The number of rotatable bonds is 8. The second-order valence-electron chi connectivity index (χ2n) is 7.62. The summed E-state index contributed by atoms with van der Waals surface area (Å²) < 4.78 is 17.2. The highest BCUT2D eigenvalue weighted by molar-refractivity contribution is 5.80. The van der Waals surface area contributed by atoms with E-state index in [4.69, 9.17) is 14.2 Å². The van der Waals surface area contributed by atoms with E-state index in [1.807, 2.05) is 56.3 Å². The van der Waals surface area contributed by atoms with E-state index in [1.165, 1.54) is 0 Å². The Morgan fingerprint density at radius 3 is 2.55 bits per heavy atom. The van der Waals surface area contributed by atoms with Gasteiger partial charge in [0, 0.05) is 0 Å². The second-order valence-corrected chi connectivity index (χ2v) is 7.62. The lowest BCUT2D eigenvalue weighted by Gasteiger charge is -2.29. The summed E-state index contributed by atoms with van der Waals surface area (Å²) in [7, 11) is 0. The van der Waals surface area contributed by atoms with Gasteiger partial charge in [-0.2, -0.15) is 0 Å². The zero-order valence-corrected chi connectivity index (χ0v) is 17.7. The van der Waals surface area contributed by atoms with E-state index in [1.54, 1.807) is 0 Å². The van der Waals surface area contributed by atoms with Crippen molar-refractivity contribution < 1.29 is 19.0 Å². The molecule has 1 amide bonds. The van der Waals surface area contributed by atoms with E-state index in [2.05, 4.69) is 19.2 Å². The number of fused-ring (bicyclic) bond motifs is 1. The average Bonchev–Trinajstić information content (AvgIpc) is 2.73. The summed E-state index contributed by atoms with van der Waals surface area (Å²) in [5.41, 5.74) is 2.09. The van der Waals surface area contributed by atoms with Crippen LogP contribution < -0.4 is 19.5 Å². The zero-order chi connectivity index (χ0) is 20.8. The maximum atomic E-state index is 13.0. The predicted molar refractivity (Wildman–Crippen MR) is 114 cm³/mol. The van der Waals surface area contributed by atoms with E-state index in [9.17, 15) is 4.79 Å². The first-order valence-electron chi connectivity index (χ1n) is 10.4. The minimum absolute atomic E-state index is 0.0186. The molecule has 0 saturated heterocycles. The fraction of sp³-hybridized carbons (Fsp3) is 0.458. The molecule has 5 nitrogen and oxygen atoms in total. The van der Waals surface area contributed by atoms with Gasteiger partial charge < -0.3 is 19.5 Å². The van der Waals surface area contributed by atoms with Crippen LogP contribution >= 0.6 is 0 Å². The Bertz CT molecular complexity index is 833. The van der Waals surface area contributed by atoms with Crippen LogP contribution in [-0.4, -0.2) is 25.7 Å². The van der Waals surface area contributed by atoms with Crippen LogP contribution in [-0.2, 0) is 11.2 Å². The van der Waals surface area contributed by atoms with Gasteiger partial charge in [0.05, 0.1) is 25.2 Å². The van der Waals surface area contributed by atoms with Crippen molar-refractivity contribution >= 4 is 5.91 Å². The Hall–Kier alpha value is -2.69. The molecule has 0 bridgehead atoms. The van der Waals surface area contributed by atoms with Crippen LogP contribution in [0.5, 0.6) is 17.2 Å². The number of amides is 1. The van der Waals surface area contributed by atoms with Crippen molar-refractivity contribution in [2.75, 3.05) is 19.8 Å². The van der Waals surface area contributed by atoms with Gasteiger partial charge in [-0.05, 0) is 55.5 Å². The summed E-state index contributed by atoms with van der Waals surface area (Å²) in [6, 6.07) is 13.7. The highest BCUT2D eigenvalue weighted by Crippen LogP contribution is 2.33. The summed E-state index contributed by atoms with van der Waals surface area (Å²) in [5, 5.41) is 3.24. The van der Waals surface area contributed by atoms with E-state index in [-0.39, 0.29) is 23.8 Å². The van der Waals surface area contributed by atoms with Gasteiger partial charge in [-0.15, -0.1) is 0 Å². The molecule has 0 spiro atoms. The van der Waals surface area contributed by atoms with Gasteiger partial charge in [-0.1, -0.05) is 38.1 Å². The van der Waals surface area contributed by atoms with Gasteiger partial charge in [0.2, 0.25) is 5.91 Å². The summed E-state index contributed by atoms with van der Waals surface area (Å²) in [4.78, 5) is 13.0. The molecule has 0 aromatic heterocycles. The lowest BCUT2D eigenvalue weighted by atomic mass is 9.92. The first kappa shape index (κ1) is 21.0. The lowest BCUT2D eigenvalue weighted by molar-refractivity contribution is -0.127. The third-order valence-electron chi connectivity index (χ3n) is 5.14. The minimum Gasteiger partial charge on any atom is -0.492 e. The molecule has 0 saturated carbocycles. The van der Waals surface area contributed by atoms with Crippen LogP contribution in [0, 0.1) is 11.8 Å². The van der Waals surface area contributed by atoms with Crippen LogP contribution in [0.25, 0.3) is 0 Å². The molecule has 2 unspecified atom stereocenters. The maximum Gasteiger partial charge on any atom is 0.227 e. The molecular formula is C24H31NO4. The monoisotopic (exact) mass is 397 g/mol. The number of carbonyl (C=O) groups is 1. The Labute approximate surface area is 173 Å². The number of nitrogens with one attached hydrogen (secondary N) is 1. The van der Waals surface area contributed by atoms with E-state index < -0.39 is 0 Å². The van der Waals surface area contributed by atoms with Gasteiger partial charge in [0.25, 0.3) is 0 Å². The van der Waals surface area contributed by atoms with Crippen molar-refractivity contribution in [2.24, 2.45) is 11.8 Å². The number of carbonyl (C=O) groups excluding carboxylic acids is 1. The molecule has 2 aromatic rings. The van der Waals surface area contributed by atoms with Crippen molar-refractivity contribution in [2.45, 2.75) is 40.2 Å². The molecular weight excluding hydrogens is 366 g/mol. The van der Waals surface area contributed by atoms with Gasteiger partial charge in [-0.25, -0.2) is 0 Å². The van der Waals surface area contributed by atoms with Crippen LogP contribution in [0.15, 0.2) is 42.5 Å². The summed E-state index contributed by atoms with van der Waals surface area (Å²) in [6.45, 7) is 9.65. The molecule has 0 aliphatic carbocycles. The number of ether oxygens (including phenoxy) is 3. The average molecular weight is 398 g/mol. The van der Waals surface area contributed by atoms with Gasteiger partial charge in [0.15, 0.2) is 11.5 Å². The van der Waals surface area contributed by atoms with Crippen molar-refractivity contribution in [3.8, 4) is 17.2 Å². The SMILES string of the molecule is CCOc1ccc(C(NC(=O)C2COc3ccccc3C2)C(C)C)cc1OCC. The van der Waals surface area contributed by atoms with Crippen LogP contribution in [0.1, 0.15) is 44.9 Å². The van der Waals surface area contributed by atoms with Gasteiger partial charge in [-0.3, -0.25) is 4.79 Å². The van der Waals surface area contributed by atoms with Crippen LogP contribution in [0.3, 0.4) is 0 Å². The summed E-state index contributed by atoms with van der Waals surface area (Å²) in [6.07, 6.45) is 0.695. The van der Waals surface area contributed by atoms with Crippen LogP contribution in [0.4, 0.5) is 0 Å². The molecule has 1 heterocycles. The third kappa shape index (κ3) is 5.03. The largest absolute Gasteiger partial charge is 0.492 e. The van der Waals surface area contributed by atoms with Crippen molar-refractivity contribution in [3.63, 3.8) is 0 Å². The normalized spacial score (nSPS) is 16.5. The minimum atomic E-state index is -0.194. The predicted octanol–water partition coefficient (Wildman–Crippen LogP) is 4.55. The fourth-order valence-electron chi connectivity index (χ4n) is 3.66. The number of para-hydroxylation sites is 1. The smallest absolute Gasteiger partial charge is 0.227 e. The number of hydrogen-bond donors (Lipinski definition) is 1. The molecule has 29 heavy (non-hydrogen) atoms. The molecule has 3 rings (SSSR count). The quantitative estimate of drug-likeness (QED) is 0.710. The highest BCUT2D eigenvalue weighted by atomic mass is 16.5. The fourth-order valence-corrected chi connectivity index (χ4v) is 3.66. The highest BCUT2D eigenvalue weighted by Gasteiger charge is 2.29. The van der Waals surface area contributed by atoms with E-state index >= 15 is 0 Å². The Morgan fingerprint density at radius 2 is 1.83 bits per heavy atom. The first-order valence-corrected chi connectivity index (χ1v) is 10.4. The maximum absolute atomic E-state index is 13.0. The van der Waals surface area contributed by atoms with E-state index in [0.717, 1.165) is 22.6 Å². The molecule has 156 valence electrons. The van der Waals surface area contributed by atoms with E-state index in [0.29, 0.717) is 32.0 Å². The number of benzene rings is 2. The molecule has 0 fully saturated rings. The molecule has 2 aromatic carbocycles. The Morgan fingerprint density at radius 1 is 1.10 bits per heavy atom. The topological polar surface area (TPSA) is 56.8 Å². The van der Waals surface area contributed by atoms with Gasteiger partial charge in [0.1, 0.15) is 12.4 Å². The summed E-state index contributed by atoms with van der Waals surface area (Å²) >= 11 is 0. The third-order valence-corrected chi connectivity index (χ3v) is 5.14. The second kappa shape index (κ2) is 9.68. The Balaban J connectivity index is 1.76. The molecule has 2 atom stereocenters. The zero-order valence-electron chi connectivity index (χ0n) is 17.7.